The minimum Gasteiger partial charge on any atom is -0.212 e. The maximum Gasteiger partial charge on any atom is 0.214 e. The van der Waals surface area contributed by atoms with E-state index in [4.69, 9.17) is 0 Å². The van der Waals surface area contributed by atoms with E-state index in [1.165, 1.54) is 0 Å². The van der Waals surface area contributed by atoms with Gasteiger partial charge in [0.25, 0.3) is 0 Å². The molecule has 1 aromatic carbocycles. The van der Waals surface area contributed by atoms with Crippen LogP contribution in [0.3, 0.4) is 0 Å². The Morgan fingerprint density at radius 1 is 1.16 bits per heavy atom. The molecule has 19 heavy (non-hydrogen) atoms. The maximum absolute atomic E-state index is 11.4. The number of benzene rings is 1. The second-order valence-electron chi connectivity index (χ2n) is 4.99. The summed E-state index contributed by atoms with van der Waals surface area (Å²) in [4.78, 5) is 0. The summed E-state index contributed by atoms with van der Waals surface area (Å²) in [5, 5.41) is -0.307. The van der Waals surface area contributed by atoms with Crippen LogP contribution >= 0.6 is 15.9 Å². The lowest BCUT2D eigenvalue weighted by atomic mass is 10.3. The highest BCUT2D eigenvalue weighted by Gasteiger charge is 2.23. The SMILES string of the molecule is Brc1ccccc1.CC(C)S(=O)(=O)NC1CCCC1. The van der Waals surface area contributed by atoms with Crippen LogP contribution in [-0.4, -0.2) is 19.7 Å². The monoisotopic (exact) mass is 347 g/mol. The molecule has 1 aliphatic carbocycles. The largest absolute Gasteiger partial charge is 0.214 e. The molecule has 0 unspecified atom stereocenters. The summed E-state index contributed by atoms with van der Waals surface area (Å²) in [5.74, 6) is 0. The average Bonchev–Trinajstić information content (AvgIpc) is 2.82. The fourth-order valence-electron chi connectivity index (χ4n) is 1.83. The molecule has 0 saturated heterocycles. The van der Waals surface area contributed by atoms with E-state index >= 15 is 0 Å². The first-order valence-corrected chi connectivity index (χ1v) is 8.97. The van der Waals surface area contributed by atoms with Gasteiger partial charge in [-0.1, -0.05) is 47.0 Å². The molecule has 1 aliphatic rings. The molecule has 0 heterocycles. The van der Waals surface area contributed by atoms with Crippen molar-refractivity contribution in [3.63, 3.8) is 0 Å². The van der Waals surface area contributed by atoms with Crippen molar-refractivity contribution in [2.45, 2.75) is 50.8 Å². The Bertz CT molecular complexity index is 454. The number of nitrogens with one attached hydrogen (secondary N) is 1. The molecule has 0 bridgehead atoms. The molecule has 0 radical (unpaired) electrons. The molecule has 0 atom stereocenters. The van der Waals surface area contributed by atoms with Gasteiger partial charge in [-0.2, -0.15) is 0 Å². The zero-order chi connectivity index (χ0) is 14.3. The third kappa shape index (κ3) is 6.54. The van der Waals surface area contributed by atoms with Crippen molar-refractivity contribution in [3.05, 3.63) is 34.8 Å². The molecule has 108 valence electrons. The van der Waals surface area contributed by atoms with Crippen molar-refractivity contribution in [1.29, 1.82) is 0 Å². The highest BCUT2D eigenvalue weighted by molar-refractivity contribution is 9.10. The van der Waals surface area contributed by atoms with Crippen molar-refractivity contribution >= 4 is 26.0 Å². The molecule has 1 N–H and O–H groups in total. The van der Waals surface area contributed by atoms with Crippen LogP contribution in [0.25, 0.3) is 0 Å². The summed E-state index contributed by atoms with van der Waals surface area (Å²) >= 11 is 3.31. The van der Waals surface area contributed by atoms with Crippen LogP contribution in [0.1, 0.15) is 39.5 Å². The first-order chi connectivity index (χ1) is 8.92. The fraction of sp³-hybridized carbons (Fsp3) is 0.571. The molecule has 5 heteroatoms. The van der Waals surface area contributed by atoms with Crippen LogP contribution in [0.4, 0.5) is 0 Å². The van der Waals surface area contributed by atoms with E-state index in [2.05, 4.69) is 20.7 Å². The Morgan fingerprint density at radius 3 is 2.05 bits per heavy atom. The van der Waals surface area contributed by atoms with Crippen LogP contribution in [0, 0.1) is 0 Å². The zero-order valence-corrected chi connectivity index (χ0v) is 13.9. The Hall–Kier alpha value is -0.390. The highest BCUT2D eigenvalue weighted by Crippen LogP contribution is 2.18. The van der Waals surface area contributed by atoms with Gasteiger partial charge < -0.3 is 0 Å². The van der Waals surface area contributed by atoms with E-state index in [1.807, 2.05) is 30.3 Å². The molecular formula is C14H22BrNO2S. The fourth-order valence-corrected chi connectivity index (χ4v) is 3.10. The molecule has 1 saturated carbocycles. The first-order valence-electron chi connectivity index (χ1n) is 6.63. The molecule has 1 fully saturated rings. The van der Waals surface area contributed by atoms with Crippen LogP contribution in [0.2, 0.25) is 0 Å². The van der Waals surface area contributed by atoms with E-state index in [-0.39, 0.29) is 11.3 Å². The van der Waals surface area contributed by atoms with Gasteiger partial charge in [-0.05, 0) is 38.8 Å². The molecule has 1 aromatic rings. The molecule has 2 rings (SSSR count). The van der Waals surface area contributed by atoms with Crippen LogP contribution in [-0.2, 0) is 10.0 Å². The first kappa shape index (κ1) is 16.7. The van der Waals surface area contributed by atoms with Crippen molar-refractivity contribution < 1.29 is 8.42 Å². The number of halogens is 1. The van der Waals surface area contributed by atoms with Crippen LogP contribution in [0.15, 0.2) is 34.8 Å². The Morgan fingerprint density at radius 2 is 1.68 bits per heavy atom. The van der Waals surface area contributed by atoms with Crippen LogP contribution in [0.5, 0.6) is 0 Å². The quantitative estimate of drug-likeness (QED) is 0.905. The van der Waals surface area contributed by atoms with E-state index in [0.29, 0.717) is 0 Å². The van der Waals surface area contributed by atoms with Crippen LogP contribution < -0.4 is 4.72 Å². The van der Waals surface area contributed by atoms with Gasteiger partial charge in [0.05, 0.1) is 5.25 Å². The van der Waals surface area contributed by atoms with Gasteiger partial charge in [-0.15, -0.1) is 0 Å². The van der Waals surface area contributed by atoms with Gasteiger partial charge in [-0.25, -0.2) is 13.1 Å². The highest BCUT2D eigenvalue weighted by atomic mass is 79.9. The van der Waals surface area contributed by atoms with Crippen molar-refractivity contribution in [3.8, 4) is 0 Å². The van der Waals surface area contributed by atoms with Gasteiger partial charge in [-0.3, -0.25) is 0 Å². The second-order valence-corrected chi connectivity index (χ2v) is 8.17. The third-order valence-electron chi connectivity index (χ3n) is 3.04. The molecule has 0 spiro atoms. The summed E-state index contributed by atoms with van der Waals surface area (Å²) in [6, 6.07) is 10.2. The summed E-state index contributed by atoms with van der Waals surface area (Å²) in [7, 11) is -3.03. The maximum atomic E-state index is 11.4. The zero-order valence-electron chi connectivity index (χ0n) is 11.5. The normalized spacial score (nSPS) is 16.2. The summed E-state index contributed by atoms with van der Waals surface area (Å²) in [6.45, 7) is 3.41. The standard InChI is InChI=1S/C8H17NO2S.C6H5Br/c1-7(2)12(10,11)9-8-5-3-4-6-8;7-6-4-2-1-3-5-6/h7-9H,3-6H2,1-2H3;1-5H. The van der Waals surface area contributed by atoms with E-state index in [9.17, 15) is 8.42 Å². The third-order valence-corrected chi connectivity index (χ3v) is 5.47. The Labute approximate surface area is 125 Å². The van der Waals surface area contributed by atoms with Gasteiger partial charge in [0.2, 0.25) is 10.0 Å². The van der Waals surface area contributed by atoms with Crippen molar-refractivity contribution in [2.24, 2.45) is 0 Å². The van der Waals surface area contributed by atoms with Gasteiger partial charge in [0.1, 0.15) is 0 Å². The molecule has 0 aromatic heterocycles. The minimum absolute atomic E-state index is 0.206. The summed E-state index contributed by atoms with van der Waals surface area (Å²) < 4.78 is 26.6. The van der Waals surface area contributed by atoms with Gasteiger partial charge in [0, 0.05) is 10.5 Å². The smallest absolute Gasteiger partial charge is 0.212 e. The molecule has 3 nitrogen and oxygen atoms in total. The molecular weight excluding hydrogens is 326 g/mol. The number of hydrogen-bond donors (Lipinski definition) is 1. The number of hydrogen-bond acceptors (Lipinski definition) is 2. The Balaban J connectivity index is 0.000000218. The lowest BCUT2D eigenvalue weighted by molar-refractivity contribution is 0.544. The number of rotatable bonds is 3. The van der Waals surface area contributed by atoms with Crippen molar-refractivity contribution in [2.75, 3.05) is 0 Å². The lowest BCUT2D eigenvalue weighted by Crippen LogP contribution is -2.37. The predicted molar refractivity (Wildman–Crippen MR) is 83.6 cm³/mol. The lowest BCUT2D eigenvalue weighted by Gasteiger charge is -2.14. The number of sulfonamides is 1. The van der Waals surface area contributed by atoms with E-state index in [0.717, 1.165) is 30.2 Å². The predicted octanol–water partition coefficient (Wildman–Crippen LogP) is 3.71. The average molecular weight is 348 g/mol. The topological polar surface area (TPSA) is 46.2 Å². The summed E-state index contributed by atoms with van der Waals surface area (Å²) in [5.41, 5.74) is 0. The minimum atomic E-state index is -3.03. The second kappa shape index (κ2) is 8.02. The Kier molecular flexibility index (Phi) is 7.04. The van der Waals surface area contributed by atoms with Crippen molar-refractivity contribution in [1.82, 2.24) is 4.72 Å². The molecule has 0 aliphatic heterocycles. The van der Waals surface area contributed by atoms with E-state index in [1.54, 1.807) is 13.8 Å². The van der Waals surface area contributed by atoms with E-state index < -0.39 is 10.0 Å². The van der Waals surface area contributed by atoms with Gasteiger partial charge >= 0.3 is 0 Å². The molecule has 0 amide bonds. The summed E-state index contributed by atoms with van der Waals surface area (Å²) in [6.07, 6.45) is 4.33. The van der Waals surface area contributed by atoms with Gasteiger partial charge in [0.15, 0.2) is 0 Å².